The van der Waals surface area contributed by atoms with E-state index in [1.165, 1.54) is 0 Å². The number of carbonyl (C=O) groups excluding carboxylic acids is 2. The number of carbonyl (C=O) groups is 2. The summed E-state index contributed by atoms with van der Waals surface area (Å²) in [6, 6.07) is 0. The largest absolute Gasteiger partial charge is 0.368 e. The highest BCUT2D eigenvalue weighted by Gasteiger charge is 2.17. The third kappa shape index (κ3) is 3.71. The number of hydroxylamine groups is 1. The molecule has 0 radical (unpaired) electrons. The maximum atomic E-state index is 11.4. The third-order valence-electron chi connectivity index (χ3n) is 2.00. The molecule has 14 heavy (non-hydrogen) atoms. The van der Waals surface area contributed by atoms with Gasteiger partial charge in [0.15, 0.2) is 0 Å². The summed E-state index contributed by atoms with van der Waals surface area (Å²) in [7, 11) is 0. The Labute approximate surface area is 82.3 Å². The number of rotatable bonds is 5. The molecule has 0 unspecified atom stereocenters. The lowest BCUT2D eigenvalue weighted by molar-refractivity contribution is -0.134. The molecule has 0 spiro atoms. The summed E-state index contributed by atoms with van der Waals surface area (Å²) < 4.78 is 0. The second-order valence-electron chi connectivity index (χ2n) is 3.16. The smallest absolute Gasteiger partial charge is 0.245 e. The van der Waals surface area contributed by atoms with Crippen LogP contribution in [0.25, 0.3) is 0 Å². The Morgan fingerprint density at radius 1 is 1.36 bits per heavy atom. The summed E-state index contributed by atoms with van der Waals surface area (Å²) in [5.74, 6) is -0.571. The first kappa shape index (κ1) is 10.9. The molecule has 3 N–H and O–H groups in total. The van der Waals surface area contributed by atoms with Crippen LogP contribution in [0.1, 0.15) is 12.8 Å². The maximum absolute atomic E-state index is 11.4. The minimum Gasteiger partial charge on any atom is -0.368 e. The van der Waals surface area contributed by atoms with Crippen molar-refractivity contribution >= 4 is 11.8 Å². The predicted octanol–water partition coefficient (Wildman–Crippen LogP) is -1.38. The zero-order valence-electron chi connectivity index (χ0n) is 7.99. The van der Waals surface area contributed by atoms with Crippen LogP contribution in [0.5, 0.6) is 0 Å². The highest BCUT2D eigenvalue weighted by molar-refractivity contribution is 5.78. The minimum absolute atomic E-state index is 0.00743. The number of hydrogen-bond acceptors (Lipinski definition) is 4. The van der Waals surface area contributed by atoms with Crippen LogP contribution in [0.4, 0.5) is 0 Å². The monoisotopic (exact) mass is 201 g/mol. The van der Waals surface area contributed by atoms with Crippen molar-refractivity contribution in [3.8, 4) is 0 Å². The van der Waals surface area contributed by atoms with Gasteiger partial charge in [0.1, 0.15) is 13.2 Å². The van der Waals surface area contributed by atoms with Crippen molar-refractivity contribution in [2.24, 2.45) is 5.73 Å². The highest BCUT2D eigenvalue weighted by Crippen LogP contribution is 2.06. The molecular formula is C8H15N3O3. The molecule has 0 saturated carbocycles. The quantitative estimate of drug-likeness (QED) is 0.424. The van der Waals surface area contributed by atoms with Crippen LogP contribution >= 0.6 is 0 Å². The Hall–Kier alpha value is -1.14. The first-order chi connectivity index (χ1) is 6.70. The summed E-state index contributed by atoms with van der Waals surface area (Å²) in [6.07, 6.45) is 2.13. The normalized spacial score (nSPS) is 15.9. The average Bonchev–Trinajstić information content (AvgIpc) is 2.64. The summed E-state index contributed by atoms with van der Waals surface area (Å²) >= 11 is 0. The SMILES string of the molecule is NC(=O)CONCC(=O)N1CCCC1. The van der Waals surface area contributed by atoms with Gasteiger partial charge in [0.25, 0.3) is 0 Å². The molecule has 1 aliphatic heterocycles. The first-order valence-corrected chi connectivity index (χ1v) is 4.61. The molecule has 6 heteroatoms. The fraction of sp³-hybridized carbons (Fsp3) is 0.750. The van der Waals surface area contributed by atoms with E-state index in [4.69, 9.17) is 5.73 Å². The Balaban J connectivity index is 2.05. The molecule has 1 fully saturated rings. The van der Waals surface area contributed by atoms with Gasteiger partial charge in [-0.25, -0.2) is 0 Å². The van der Waals surface area contributed by atoms with E-state index < -0.39 is 5.91 Å². The van der Waals surface area contributed by atoms with Crippen molar-refractivity contribution in [2.45, 2.75) is 12.8 Å². The van der Waals surface area contributed by atoms with Gasteiger partial charge in [0.05, 0.1) is 0 Å². The maximum Gasteiger partial charge on any atom is 0.245 e. The van der Waals surface area contributed by atoms with Gasteiger partial charge in [0, 0.05) is 13.1 Å². The van der Waals surface area contributed by atoms with Gasteiger partial charge < -0.3 is 10.6 Å². The van der Waals surface area contributed by atoms with Crippen LogP contribution in [0.3, 0.4) is 0 Å². The van der Waals surface area contributed by atoms with Crippen LogP contribution in [0.2, 0.25) is 0 Å². The molecule has 1 rings (SSSR count). The lowest BCUT2D eigenvalue weighted by Crippen LogP contribution is -2.37. The molecule has 0 bridgehead atoms. The summed E-state index contributed by atoms with van der Waals surface area (Å²) in [6.45, 7) is 1.51. The predicted molar refractivity (Wildman–Crippen MR) is 49.0 cm³/mol. The van der Waals surface area contributed by atoms with Gasteiger partial charge >= 0.3 is 0 Å². The van der Waals surface area contributed by atoms with E-state index in [9.17, 15) is 9.59 Å². The number of hydrogen-bond donors (Lipinski definition) is 2. The fourth-order valence-electron chi connectivity index (χ4n) is 1.31. The van der Waals surface area contributed by atoms with Crippen molar-refractivity contribution in [1.29, 1.82) is 0 Å². The van der Waals surface area contributed by atoms with Crippen LogP contribution in [0, 0.1) is 0 Å². The molecule has 0 aromatic heterocycles. The molecule has 6 nitrogen and oxygen atoms in total. The van der Waals surface area contributed by atoms with E-state index in [0.29, 0.717) is 0 Å². The van der Waals surface area contributed by atoms with Gasteiger partial charge in [-0.3, -0.25) is 14.4 Å². The first-order valence-electron chi connectivity index (χ1n) is 4.61. The molecular weight excluding hydrogens is 186 g/mol. The van der Waals surface area contributed by atoms with E-state index in [1.54, 1.807) is 4.90 Å². The standard InChI is InChI=1S/C8H15N3O3/c9-7(12)6-14-10-5-8(13)11-3-1-2-4-11/h10H,1-6H2,(H2,9,12). The number of primary amides is 1. The number of nitrogens with one attached hydrogen (secondary N) is 1. The number of amides is 2. The van der Waals surface area contributed by atoms with Gasteiger partial charge in [0.2, 0.25) is 11.8 Å². The molecule has 1 heterocycles. The number of nitrogens with zero attached hydrogens (tertiary/aromatic N) is 1. The molecule has 1 saturated heterocycles. The lowest BCUT2D eigenvalue weighted by atomic mass is 10.4. The zero-order chi connectivity index (χ0) is 10.4. The Morgan fingerprint density at radius 2 is 2.00 bits per heavy atom. The van der Waals surface area contributed by atoms with Crippen LogP contribution in [-0.4, -0.2) is 43.0 Å². The Kier molecular flexibility index (Phi) is 4.34. The highest BCUT2D eigenvalue weighted by atomic mass is 16.6. The van der Waals surface area contributed by atoms with Crippen molar-refractivity contribution in [2.75, 3.05) is 26.2 Å². The minimum atomic E-state index is -0.564. The van der Waals surface area contributed by atoms with Gasteiger partial charge in [-0.05, 0) is 12.8 Å². The van der Waals surface area contributed by atoms with Gasteiger partial charge in [-0.1, -0.05) is 0 Å². The molecule has 0 aliphatic carbocycles. The van der Waals surface area contributed by atoms with E-state index in [2.05, 4.69) is 10.3 Å². The summed E-state index contributed by atoms with van der Waals surface area (Å²) in [5.41, 5.74) is 7.23. The third-order valence-corrected chi connectivity index (χ3v) is 2.00. The molecule has 80 valence electrons. The Bertz CT molecular complexity index is 214. The van der Waals surface area contributed by atoms with E-state index in [1.807, 2.05) is 0 Å². The summed E-state index contributed by atoms with van der Waals surface area (Å²) in [4.78, 5) is 28.0. The Morgan fingerprint density at radius 3 is 2.57 bits per heavy atom. The molecule has 2 amide bonds. The zero-order valence-corrected chi connectivity index (χ0v) is 7.99. The van der Waals surface area contributed by atoms with Crippen LogP contribution < -0.4 is 11.2 Å². The molecule has 1 aliphatic rings. The van der Waals surface area contributed by atoms with Gasteiger partial charge in [-0.2, -0.15) is 5.48 Å². The average molecular weight is 201 g/mol. The fourth-order valence-corrected chi connectivity index (χ4v) is 1.31. The van der Waals surface area contributed by atoms with E-state index >= 15 is 0 Å². The lowest BCUT2D eigenvalue weighted by Gasteiger charge is -2.14. The van der Waals surface area contributed by atoms with Crippen LogP contribution in [-0.2, 0) is 14.4 Å². The van der Waals surface area contributed by atoms with Crippen molar-refractivity contribution in [3.05, 3.63) is 0 Å². The topological polar surface area (TPSA) is 84.7 Å². The number of nitrogens with two attached hydrogens (primary N) is 1. The summed E-state index contributed by atoms with van der Waals surface area (Å²) in [5, 5.41) is 0. The molecule has 0 aromatic rings. The van der Waals surface area contributed by atoms with Gasteiger partial charge in [-0.15, -0.1) is 0 Å². The van der Waals surface area contributed by atoms with Crippen molar-refractivity contribution < 1.29 is 14.4 Å². The second-order valence-corrected chi connectivity index (χ2v) is 3.16. The molecule has 0 aromatic carbocycles. The van der Waals surface area contributed by atoms with E-state index in [-0.39, 0.29) is 19.1 Å². The van der Waals surface area contributed by atoms with Crippen molar-refractivity contribution in [1.82, 2.24) is 10.4 Å². The number of likely N-dealkylation sites (tertiary alicyclic amines) is 1. The van der Waals surface area contributed by atoms with Crippen LogP contribution in [0.15, 0.2) is 0 Å². The van der Waals surface area contributed by atoms with E-state index in [0.717, 1.165) is 25.9 Å². The van der Waals surface area contributed by atoms with Crippen molar-refractivity contribution in [3.63, 3.8) is 0 Å². The second kappa shape index (κ2) is 5.56. The molecule has 0 atom stereocenters.